The minimum atomic E-state index is -3.54. The van der Waals surface area contributed by atoms with E-state index >= 15 is 0 Å². The van der Waals surface area contributed by atoms with Gasteiger partial charge in [0.1, 0.15) is 4.21 Å². The number of nitrogens with one attached hydrogen (secondary N) is 2. The van der Waals surface area contributed by atoms with E-state index in [1.54, 1.807) is 40.7 Å². The van der Waals surface area contributed by atoms with Gasteiger partial charge in [0.25, 0.3) is 15.9 Å². The topological polar surface area (TPSA) is 87.7 Å². The van der Waals surface area contributed by atoms with Crippen molar-refractivity contribution in [3.63, 3.8) is 0 Å². The predicted molar refractivity (Wildman–Crippen MR) is 132 cm³/mol. The Kier molecular flexibility index (Phi) is 10.2. The lowest BCUT2D eigenvalue weighted by Gasteiger charge is -2.19. The summed E-state index contributed by atoms with van der Waals surface area (Å²) in [4.78, 5) is 13.1. The first-order valence-corrected chi connectivity index (χ1v) is 14.0. The summed E-state index contributed by atoms with van der Waals surface area (Å²) in [5, 5.41) is 6.88. The molecule has 182 valence electrons. The number of sulfonamides is 1. The molecule has 3 rings (SSSR count). The Labute approximate surface area is 205 Å². The lowest BCUT2D eigenvalue weighted by molar-refractivity contribution is 0.0951. The van der Waals surface area contributed by atoms with Gasteiger partial charge in [0.15, 0.2) is 0 Å². The molecular weight excluding hydrogens is 482 g/mol. The van der Waals surface area contributed by atoms with Crippen molar-refractivity contribution in [1.29, 1.82) is 0 Å². The van der Waals surface area contributed by atoms with Crippen LogP contribution in [0.3, 0.4) is 0 Å². The second kappa shape index (κ2) is 12.8. The Balaban J connectivity index is 1.51. The van der Waals surface area contributed by atoms with Gasteiger partial charge in [-0.15, -0.1) is 11.3 Å². The van der Waals surface area contributed by atoms with Gasteiger partial charge in [0, 0.05) is 47.7 Å². The first-order chi connectivity index (χ1) is 15.9. The maximum absolute atomic E-state index is 13.2. The normalized spacial score (nSPS) is 17.6. The van der Waals surface area contributed by atoms with Crippen LogP contribution in [0, 0.1) is 0 Å². The largest absolute Gasteiger partial charge is 0.380 e. The van der Waals surface area contributed by atoms with Crippen LogP contribution in [0.1, 0.15) is 47.8 Å². The fraction of sp³-hybridized carbons (Fsp3) is 0.522. The Hall–Kier alpha value is -1.49. The Morgan fingerprint density at radius 1 is 1.15 bits per heavy atom. The van der Waals surface area contributed by atoms with Crippen molar-refractivity contribution < 1.29 is 17.9 Å². The third-order valence-corrected chi connectivity index (χ3v) is 9.18. The van der Waals surface area contributed by atoms with Crippen molar-refractivity contribution in [3.05, 3.63) is 51.9 Å². The van der Waals surface area contributed by atoms with Gasteiger partial charge >= 0.3 is 0 Å². The highest BCUT2D eigenvalue weighted by Crippen LogP contribution is 2.27. The number of rotatable bonds is 11. The van der Waals surface area contributed by atoms with Gasteiger partial charge in [-0.3, -0.25) is 4.79 Å². The summed E-state index contributed by atoms with van der Waals surface area (Å²) in [5.74, 6) is -0.226. The number of halogens is 1. The molecule has 1 atom stereocenters. The monoisotopic (exact) mass is 513 g/mol. The molecular formula is C23H32ClN3O4S2. The predicted octanol–water partition coefficient (Wildman–Crippen LogP) is 3.89. The molecule has 10 heteroatoms. The summed E-state index contributed by atoms with van der Waals surface area (Å²) in [5.41, 5.74) is 0.508. The van der Waals surface area contributed by atoms with Crippen LogP contribution in [0.25, 0.3) is 0 Å². The highest BCUT2D eigenvalue weighted by atomic mass is 35.5. The van der Waals surface area contributed by atoms with Gasteiger partial charge in [-0.25, -0.2) is 8.42 Å². The first kappa shape index (κ1) is 26.1. The Morgan fingerprint density at radius 2 is 1.94 bits per heavy atom. The summed E-state index contributed by atoms with van der Waals surface area (Å²) in [6.45, 7) is 5.61. The smallest absolute Gasteiger partial charge is 0.252 e. The summed E-state index contributed by atoms with van der Waals surface area (Å²) < 4.78 is 33.8. The molecule has 33 heavy (non-hydrogen) atoms. The molecule has 1 fully saturated rings. The molecule has 2 heterocycles. The van der Waals surface area contributed by atoms with Crippen LogP contribution in [-0.2, 0) is 21.3 Å². The molecule has 1 aliphatic rings. The van der Waals surface area contributed by atoms with E-state index in [2.05, 4.69) is 17.6 Å². The van der Waals surface area contributed by atoms with Crippen LogP contribution >= 0.6 is 22.9 Å². The Bertz CT molecular complexity index is 995. The lowest BCUT2D eigenvalue weighted by atomic mass is 10.1. The number of carbonyl (C=O) groups excluding carboxylic acids is 1. The molecule has 1 aromatic heterocycles. The summed E-state index contributed by atoms with van der Waals surface area (Å²) >= 11 is 7.06. The quantitative estimate of drug-likeness (QED) is 0.445. The molecule has 7 nitrogen and oxygen atoms in total. The molecule has 1 unspecified atom stereocenters. The number of carbonyl (C=O) groups is 1. The van der Waals surface area contributed by atoms with E-state index in [4.69, 9.17) is 16.3 Å². The molecule has 0 spiro atoms. The molecule has 0 bridgehead atoms. The van der Waals surface area contributed by atoms with Gasteiger partial charge in [-0.2, -0.15) is 4.31 Å². The van der Waals surface area contributed by atoms with Crippen LogP contribution in [0.5, 0.6) is 0 Å². The molecule has 0 saturated carbocycles. The average Bonchev–Trinajstić information content (AvgIpc) is 3.16. The van der Waals surface area contributed by atoms with Crippen molar-refractivity contribution in [2.45, 2.75) is 49.4 Å². The maximum Gasteiger partial charge on any atom is 0.252 e. The summed E-state index contributed by atoms with van der Waals surface area (Å²) in [7, 11) is -3.54. The molecule has 2 aromatic rings. The SMILES string of the molecule is CCCOCCNC1CCCN(S(=O)(=O)c2ccc(CNC(=O)c3ccc(Cl)cc3)s2)CC1. The molecule has 0 aliphatic carbocycles. The fourth-order valence-electron chi connectivity index (χ4n) is 3.69. The van der Waals surface area contributed by atoms with Gasteiger partial charge in [0.2, 0.25) is 0 Å². The van der Waals surface area contributed by atoms with Crippen molar-refractivity contribution in [3.8, 4) is 0 Å². The number of hydrogen-bond acceptors (Lipinski definition) is 6. The van der Waals surface area contributed by atoms with Gasteiger partial charge in [-0.05, 0) is 62.1 Å². The zero-order valence-corrected chi connectivity index (χ0v) is 21.3. The number of amides is 1. The number of hydrogen-bond donors (Lipinski definition) is 2. The van der Waals surface area contributed by atoms with E-state index in [0.717, 1.165) is 43.7 Å². The highest BCUT2D eigenvalue weighted by molar-refractivity contribution is 7.91. The lowest BCUT2D eigenvalue weighted by Crippen LogP contribution is -2.35. The zero-order valence-electron chi connectivity index (χ0n) is 18.9. The van der Waals surface area contributed by atoms with Crippen molar-refractivity contribution >= 4 is 38.9 Å². The van der Waals surface area contributed by atoms with E-state index in [1.807, 2.05) is 0 Å². The third-order valence-electron chi connectivity index (χ3n) is 5.48. The van der Waals surface area contributed by atoms with Crippen molar-refractivity contribution in [1.82, 2.24) is 14.9 Å². The van der Waals surface area contributed by atoms with Gasteiger partial charge < -0.3 is 15.4 Å². The van der Waals surface area contributed by atoms with E-state index in [1.165, 1.54) is 11.3 Å². The van der Waals surface area contributed by atoms with E-state index in [9.17, 15) is 13.2 Å². The summed E-state index contributed by atoms with van der Waals surface area (Å²) in [6.07, 6.45) is 3.56. The number of nitrogens with zero attached hydrogens (tertiary/aromatic N) is 1. The minimum absolute atomic E-state index is 0.226. The molecule has 1 aromatic carbocycles. The minimum Gasteiger partial charge on any atom is -0.380 e. The molecule has 1 amide bonds. The van der Waals surface area contributed by atoms with E-state index in [0.29, 0.717) is 40.5 Å². The van der Waals surface area contributed by atoms with Crippen LogP contribution in [0.15, 0.2) is 40.6 Å². The highest BCUT2D eigenvalue weighted by Gasteiger charge is 2.28. The van der Waals surface area contributed by atoms with Crippen LogP contribution in [-0.4, -0.2) is 57.5 Å². The zero-order chi connectivity index (χ0) is 23.7. The maximum atomic E-state index is 13.2. The fourth-order valence-corrected chi connectivity index (χ4v) is 6.76. The van der Waals surface area contributed by atoms with Crippen LogP contribution in [0.2, 0.25) is 5.02 Å². The third kappa shape index (κ3) is 7.77. The van der Waals surface area contributed by atoms with Crippen molar-refractivity contribution in [2.75, 3.05) is 32.8 Å². The molecule has 2 N–H and O–H groups in total. The van der Waals surface area contributed by atoms with Gasteiger partial charge in [0.05, 0.1) is 13.2 Å². The van der Waals surface area contributed by atoms with E-state index < -0.39 is 10.0 Å². The Morgan fingerprint density at radius 3 is 2.70 bits per heavy atom. The summed E-state index contributed by atoms with van der Waals surface area (Å²) in [6, 6.07) is 10.3. The second-order valence-corrected chi connectivity index (χ2v) is 11.8. The van der Waals surface area contributed by atoms with E-state index in [-0.39, 0.29) is 12.5 Å². The van der Waals surface area contributed by atoms with Crippen LogP contribution in [0.4, 0.5) is 0 Å². The standard InChI is InChI=1S/C23H32ClN3O4S2/c1-2-15-31-16-12-25-20-4-3-13-27(14-11-20)33(29,30)22-10-9-21(32-22)17-26-23(28)18-5-7-19(24)8-6-18/h5-10,20,25H,2-4,11-17H2,1H3,(H,26,28). The molecule has 1 aliphatic heterocycles. The average molecular weight is 514 g/mol. The number of ether oxygens (including phenoxy) is 1. The number of benzene rings is 1. The van der Waals surface area contributed by atoms with Gasteiger partial charge in [-0.1, -0.05) is 18.5 Å². The second-order valence-electron chi connectivity index (χ2n) is 8.01. The van der Waals surface area contributed by atoms with Crippen LogP contribution < -0.4 is 10.6 Å². The number of thiophene rings is 1. The molecule has 1 saturated heterocycles. The first-order valence-electron chi connectivity index (χ1n) is 11.3. The van der Waals surface area contributed by atoms with Crippen molar-refractivity contribution in [2.24, 2.45) is 0 Å². The molecule has 0 radical (unpaired) electrons.